The molecule has 0 spiro atoms. The highest BCUT2D eigenvalue weighted by Gasteiger charge is 2.35. The Morgan fingerprint density at radius 3 is 2.56 bits per heavy atom. The molecular weight excluding hydrogens is 450 g/mol. The third-order valence-corrected chi connectivity index (χ3v) is 8.34. The molecule has 2 aromatic rings. The molecular formula is C25H31N5O3S. The van der Waals surface area contributed by atoms with Crippen LogP contribution in [0.1, 0.15) is 24.0 Å². The van der Waals surface area contributed by atoms with Crippen molar-refractivity contribution in [1.29, 1.82) is 0 Å². The first-order valence-corrected chi connectivity index (χ1v) is 13.3. The van der Waals surface area contributed by atoms with Crippen molar-refractivity contribution in [2.45, 2.75) is 24.7 Å². The van der Waals surface area contributed by atoms with Gasteiger partial charge in [0, 0.05) is 56.2 Å². The molecule has 0 bridgehead atoms. The maximum atomic E-state index is 13.1. The van der Waals surface area contributed by atoms with E-state index in [2.05, 4.69) is 39.6 Å². The number of likely N-dealkylation sites (tertiary alicyclic amines) is 1. The number of sulfonamides is 1. The van der Waals surface area contributed by atoms with Gasteiger partial charge < -0.3 is 20.0 Å². The van der Waals surface area contributed by atoms with Gasteiger partial charge in [-0.3, -0.25) is 4.79 Å². The first-order valence-electron chi connectivity index (χ1n) is 11.9. The average molecular weight is 482 g/mol. The van der Waals surface area contributed by atoms with Gasteiger partial charge in [0.25, 0.3) is 10.0 Å². The lowest BCUT2D eigenvalue weighted by Crippen LogP contribution is -2.44. The first kappa shape index (κ1) is 22.9. The minimum absolute atomic E-state index is 0.0359. The van der Waals surface area contributed by atoms with Gasteiger partial charge in [0.05, 0.1) is 5.92 Å². The number of amides is 1. The number of piperidine rings is 1. The summed E-state index contributed by atoms with van der Waals surface area (Å²) in [7, 11) is -1.53. The standard InChI is InChI=1S/C25H31N5O3S/c1-18-16-20(9-10-22(18)29-14-12-28(2)13-15-29)26-25(31)19-6-5-11-30(17-19)24-21-7-3-4-8-23(21)34(32,33)27-24/h3-4,7-10,16,19H,5-6,11-15,17H2,1-2H3,(H,26,31)/t19-/m0/s1. The topological polar surface area (TPSA) is 85.3 Å². The summed E-state index contributed by atoms with van der Waals surface area (Å²) in [6, 6.07) is 13.0. The van der Waals surface area contributed by atoms with Crippen molar-refractivity contribution in [2.75, 3.05) is 56.5 Å². The number of hydrogen-bond acceptors (Lipinski definition) is 6. The van der Waals surface area contributed by atoms with Crippen LogP contribution >= 0.6 is 0 Å². The number of hydrogen-bond donors (Lipinski definition) is 1. The molecule has 3 aliphatic rings. The maximum absolute atomic E-state index is 13.1. The Hall–Kier alpha value is -2.91. The van der Waals surface area contributed by atoms with Gasteiger partial charge in [0.1, 0.15) is 4.90 Å². The highest BCUT2D eigenvalue weighted by Crippen LogP contribution is 2.30. The molecule has 0 radical (unpaired) electrons. The SMILES string of the molecule is Cc1cc(NC(=O)[C@H]2CCCN(C3=NS(=O)(=O)c4ccccc43)C2)ccc1N1CCN(C)CC1. The van der Waals surface area contributed by atoms with Crippen LogP contribution in [0, 0.1) is 12.8 Å². The van der Waals surface area contributed by atoms with Crippen molar-refractivity contribution in [3.63, 3.8) is 0 Å². The lowest BCUT2D eigenvalue weighted by molar-refractivity contribution is -0.121. The van der Waals surface area contributed by atoms with Gasteiger partial charge in [-0.2, -0.15) is 8.42 Å². The average Bonchev–Trinajstić information content (AvgIpc) is 3.11. The fourth-order valence-electron chi connectivity index (χ4n) is 5.08. The Morgan fingerprint density at radius 1 is 1.03 bits per heavy atom. The highest BCUT2D eigenvalue weighted by atomic mass is 32.2. The molecule has 0 unspecified atom stereocenters. The third-order valence-electron chi connectivity index (χ3n) is 7.01. The Labute approximate surface area is 201 Å². The molecule has 5 rings (SSSR count). The van der Waals surface area contributed by atoms with E-state index in [1.807, 2.05) is 23.1 Å². The summed E-state index contributed by atoms with van der Waals surface area (Å²) in [5, 5.41) is 3.09. The monoisotopic (exact) mass is 481 g/mol. The first-order chi connectivity index (χ1) is 16.3. The van der Waals surface area contributed by atoms with E-state index in [4.69, 9.17) is 0 Å². The van der Waals surface area contributed by atoms with Gasteiger partial charge in [-0.1, -0.05) is 12.1 Å². The van der Waals surface area contributed by atoms with E-state index >= 15 is 0 Å². The molecule has 2 saturated heterocycles. The van der Waals surface area contributed by atoms with Crippen LogP contribution in [0.2, 0.25) is 0 Å². The number of piperazine rings is 1. The van der Waals surface area contributed by atoms with E-state index in [0.29, 0.717) is 24.5 Å². The van der Waals surface area contributed by atoms with Gasteiger partial charge in [-0.05, 0) is 62.7 Å². The van der Waals surface area contributed by atoms with E-state index in [1.54, 1.807) is 18.2 Å². The largest absolute Gasteiger partial charge is 0.369 e. The number of fused-ring (bicyclic) bond motifs is 1. The summed E-state index contributed by atoms with van der Waals surface area (Å²) in [4.78, 5) is 20.0. The zero-order valence-corrected chi connectivity index (χ0v) is 20.5. The number of likely N-dealkylation sites (N-methyl/N-ethyl adjacent to an activating group) is 1. The van der Waals surface area contributed by atoms with Crippen LogP contribution in [-0.4, -0.2) is 76.3 Å². The number of aryl methyl sites for hydroxylation is 1. The van der Waals surface area contributed by atoms with Crippen LogP contribution < -0.4 is 10.2 Å². The van der Waals surface area contributed by atoms with Crippen molar-refractivity contribution < 1.29 is 13.2 Å². The Balaban J connectivity index is 1.27. The summed E-state index contributed by atoms with van der Waals surface area (Å²) < 4.78 is 28.9. The molecule has 3 heterocycles. The fourth-order valence-corrected chi connectivity index (χ4v) is 6.31. The lowest BCUT2D eigenvalue weighted by atomic mass is 9.96. The van der Waals surface area contributed by atoms with Crippen LogP contribution in [0.4, 0.5) is 11.4 Å². The Morgan fingerprint density at radius 2 is 1.79 bits per heavy atom. The van der Waals surface area contributed by atoms with Gasteiger partial charge in [-0.25, -0.2) is 0 Å². The quantitative estimate of drug-likeness (QED) is 0.725. The van der Waals surface area contributed by atoms with Gasteiger partial charge >= 0.3 is 0 Å². The van der Waals surface area contributed by atoms with Crippen molar-refractivity contribution in [3.8, 4) is 0 Å². The molecule has 3 aliphatic heterocycles. The zero-order valence-electron chi connectivity index (χ0n) is 19.7. The van der Waals surface area contributed by atoms with E-state index in [0.717, 1.165) is 50.3 Å². The van der Waals surface area contributed by atoms with Crippen molar-refractivity contribution in [2.24, 2.45) is 10.3 Å². The predicted molar refractivity (Wildman–Crippen MR) is 134 cm³/mol. The van der Waals surface area contributed by atoms with Gasteiger partial charge in [0.15, 0.2) is 5.84 Å². The normalized spacial score (nSPS) is 22.3. The van der Waals surface area contributed by atoms with Crippen LogP contribution in [0.5, 0.6) is 0 Å². The second kappa shape index (κ2) is 9.03. The van der Waals surface area contributed by atoms with Crippen molar-refractivity contribution in [1.82, 2.24) is 9.80 Å². The summed E-state index contributed by atoms with van der Waals surface area (Å²) in [5.41, 5.74) is 3.78. The molecule has 1 amide bonds. The Bertz CT molecular complexity index is 1230. The number of rotatable bonds is 3. The molecule has 1 N–H and O–H groups in total. The number of benzene rings is 2. The summed E-state index contributed by atoms with van der Waals surface area (Å²) in [6.07, 6.45) is 1.57. The van der Waals surface area contributed by atoms with Gasteiger partial charge in [0.2, 0.25) is 5.91 Å². The second-order valence-corrected chi connectivity index (χ2v) is 11.0. The molecule has 0 saturated carbocycles. The molecule has 2 fully saturated rings. The molecule has 1 atom stereocenters. The maximum Gasteiger partial charge on any atom is 0.285 e. The number of carbonyl (C=O) groups is 1. The van der Waals surface area contributed by atoms with Gasteiger partial charge in [-0.15, -0.1) is 4.40 Å². The van der Waals surface area contributed by atoms with Crippen LogP contribution in [0.3, 0.4) is 0 Å². The van der Waals surface area contributed by atoms with Crippen molar-refractivity contribution >= 4 is 33.1 Å². The third kappa shape index (κ3) is 4.42. The summed E-state index contributed by atoms with van der Waals surface area (Å²) >= 11 is 0. The number of amidine groups is 1. The van der Waals surface area contributed by atoms with Crippen LogP contribution in [0.15, 0.2) is 51.8 Å². The fraction of sp³-hybridized carbons (Fsp3) is 0.440. The number of anilines is 2. The summed E-state index contributed by atoms with van der Waals surface area (Å²) in [5.74, 6) is 0.191. The van der Waals surface area contributed by atoms with E-state index in [-0.39, 0.29) is 16.7 Å². The molecule has 34 heavy (non-hydrogen) atoms. The molecule has 8 nitrogen and oxygen atoms in total. The van der Waals surface area contributed by atoms with E-state index in [9.17, 15) is 13.2 Å². The molecule has 2 aromatic carbocycles. The smallest absolute Gasteiger partial charge is 0.285 e. The molecule has 0 aromatic heterocycles. The van der Waals surface area contributed by atoms with Crippen molar-refractivity contribution in [3.05, 3.63) is 53.6 Å². The highest BCUT2D eigenvalue weighted by molar-refractivity contribution is 7.90. The van der Waals surface area contributed by atoms with Crippen LogP contribution in [0.25, 0.3) is 0 Å². The van der Waals surface area contributed by atoms with E-state index in [1.165, 1.54) is 5.69 Å². The minimum atomic E-state index is -3.67. The summed E-state index contributed by atoms with van der Waals surface area (Å²) in [6.45, 7) is 7.33. The molecule has 0 aliphatic carbocycles. The molecule has 9 heteroatoms. The lowest BCUT2D eigenvalue weighted by Gasteiger charge is -2.35. The zero-order chi connectivity index (χ0) is 23.9. The minimum Gasteiger partial charge on any atom is -0.369 e. The number of nitrogens with zero attached hydrogens (tertiary/aromatic N) is 4. The molecule has 180 valence electrons. The van der Waals surface area contributed by atoms with E-state index < -0.39 is 10.0 Å². The number of carbonyl (C=O) groups excluding carboxylic acids is 1. The second-order valence-electron chi connectivity index (χ2n) is 9.45. The van der Waals surface area contributed by atoms with Crippen LogP contribution in [-0.2, 0) is 14.8 Å². The number of nitrogens with one attached hydrogen (secondary N) is 1. The predicted octanol–water partition coefficient (Wildman–Crippen LogP) is 2.55. The Kier molecular flexibility index (Phi) is 6.07.